The van der Waals surface area contributed by atoms with E-state index in [1.165, 1.54) is 4.90 Å². The second kappa shape index (κ2) is 8.08. The summed E-state index contributed by atoms with van der Waals surface area (Å²) in [7, 11) is 0.487. The molecule has 1 aromatic rings. The number of rotatable bonds is 6. The summed E-state index contributed by atoms with van der Waals surface area (Å²) >= 11 is 3.31. The lowest BCUT2D eigenvalue weighted by molar-refractivity contribution is -0.129. The highest BCUT2D eigenvalue weighted by atomic mass is 79.9. The van der Waals surface area contributed by atoms with Gasteiger partial charge in [-0.2, -0.15) is 5.26 Å². The molecule has 0 bridgehead atoms. The molecule has 0 heterocycles. The van der Waals surface area contributed by atoms with Gasteiger partial charge in [0, 0.05) is 35.1 Å². The van der Waals surface area contributed by atoms with Crippen molar-refractivity contribution in [1.29, 1.82) is 5.26 Å². The van der Waals surface area contributed by atoms with Crippen molar-refractivity contribution in [2.24, 2.45) is 0 Å². The van der Waals surface area contributed by atoms with Gasteiger partial charge in [-0.05, 0) is 24.3 Å². The first-order valence-corrected chi connectivity index (χ1v) is 7.90. The van der Waals surface area contributed by atoms with Crippen LogP contribution in [0, 0.1) is 11.3 Å². The van der Waals surface area contributed by atoms with Crippen LogP contribution in [-0.2, 0) is 15.6 Å². The van der Waals surface area contributed by atoms with Gasteiger partial charge in [-0.25, -0.2) is 0 Å². The summed E-state index contributed by atoms with van der Waals surface area (Å²) in [5, 5.41) is 8.45. The highest BCUT2D eigenvalue weighted by Crippen LogP contribution is 2.14. The average molecular weight is 343 g/mol. The Morgan fingerprint density at radius 1 is 1.42 bits per heavy atom. The molecule has 102 valence electrons. The van der Waals surface area contributed by atoms with Crippen LogP contribution in [0.1, 0.15) is 12.8 Å². The first kappa shape index (κ1) is 15.9. The average Bonchev–Trinajstić information content (AvgIpc) is 2.42. The van der Waals surface area contributed by atoms with Gasteiger partial charge >= 0.3 is 0 Å². The number of amides is 1. The number of nitrogens with zero attached hydrogens (tertiary/aromatic N) is 2. The number of hydrogen-bond donors (Lipinski definition) is 0. The fourth-order valence-corrected chi connectivity index (χ4v) is 2.72. The minimum Gasteiger partial charge on any atom is -0.345 e. The van der Waals surface area contributed by atoms with Gasteiger partial charge < -0.3 is 4.90 Å². The molecule has 1 amide bonds. The second-order valence-corrected chi connectivity index (χ2v) is 6.46. The standard InChI is InChI=1S/C13H15BrN2O2S/c1-16(9-2-8-15)13(17)7-10-19(18)12-5-3-11(14)4-6-12/h3-6H,2,7,9-10H2,1H3. The van der Waals surface area contributed by atoms with Crippen LogP contribution in [0.2, 0.25) is 0 Å². The monoisotopic (exact) mass is 342 g/mol. The van der Waals surface area contributed by atoms with E-state index in [2.05, 4.69) is 15.9 Å². The van der Waals surface area contributed by atoms with Crippen molar-refractivity contribution in [3.8, 4) is 6.07 Å². The van der Waals surface area contributed by atoms with Crippen LogP contribution in [0.15, 0.2) is 33.6 Å². The molecule has 0 aliphatic heterocycles. The molecule has 0 aromatic heterocycles. The van der Waals surface area contributed by atoms with Crippen LogP contribution < -0.4 is 0 Å². The summed E-state index contributed by atoms with van der Waals surface area (Å²) in [6, 6.07) is 9.21. The third-order valence-corrected chi connectivity index (χ3v) is 4.46. The van der Waals surface area contributed by atoms with E-state index in [-0.39, 0.29) is 12.3 Å². The predicted octanol–water partition coefficient (Wildman–Crippen LogP) is 2.32. The van der Waals surface area contributed by atoms with Crippen LogP contribution >= 0.6 is 15.9 Å². The van der Waals surface area contributed by atoms with Crippen molar-refractivity contribution < 1.29 is 9.00 Å². The number of halogens is 1. The Hall–Kier alpha value is -1.19. The van der Waals surface area contributed by atoms with Crippen LogP contribution in [0.25, 0.3) is 0 Å². The Morgan fingerprint density at radius 2 is 2.05 bits per heavy atom. The summed E-state index contributed by atoms with van der Waals surface area (Å²) in [4.78, 5) is 13.9. The van der Waals surface area contributed by atoms with Gasteiger partial charge in [-0.15, -0.1) is 0 Å². The van der Waals surface area contributed by atoms with Crippen molar-refractivity contribution in [1.82, 2.24) is 4.90 Å². The second-order valence-electron chi connectivity index (χ2n) is 3.98. The number of benzene rings is 1. The number of nitriles is 1. The van der Waals surface area contributed by atoms with Gasteiger partial charge in [0.2, 0.25) is 5.91 Å². The zero-order valence-corrected chi connectivity index (χ0v) is 13.0. The van der Waals surface area contributed by atoms with E-state index in [0.29, 0.717) is 18.7 Å². The molecule has 0 saturated heterocycles. The minimum absolute atomic E-state index is 0.0827. The van der Waals surface area contributed by atoms with Crippen molar-refractivity contribution in [2.45, 2.75) is 17.7 Å². The summed E-state index contributed by atoms with van der Waals surface area (Å²) < 4.78 is 12.9. The topological polar surface area (TPSA) is 61.2 Å². The van der Waals surface area contributed by atoms with E-state index in [9.17, 15) is 9.00 Å². The van der Waals surface area contributed by atoms with Gasteiger partial charge in [0.05, 0.1) is 23.3 Å². The molecule has 0 saturated carbocycles. The van der Waals surface area contributed by atoms with E-state index < -0.39 is 10.8 Å². The van der Waals surface area contributed by atoms with E-state index in [4.69, 9.17) is 5.26 Å². The van der Waals surface area contributed by atoms with E-state index >= 15 is 0 Å². The minimum atomic E-state index is -1.17. The molecule has 1 rings (SSSR count). The smallest absolute Gasteiger partial charge is 0.223 e. The van der Waals surface area contributed by atoms with Crippen LogP contribution in [0.5, 0.6) is 0 Å². The molecule has 0 aliphatic carbocycles. The number of carbonyl (C=O) groups is 1. The molecule has 19 heavy (non-hydrogen) atoms. The molecule has 0 aliphatic rings. The highest BCUT2D eigenvalue weighted by Gasteiger charge is 2.11. The lowest BCUT2D eigenvalue weighted by Gasteiger charge is -2.15. The first-order valence-electron chi connectivity index (χ1n) is 5.79. The van der Waals surface area contributed by atoms with E-state index in [1.807, 2.05) is 18.2 Å². The molecule has 6 heteroatoms. The zero-order chi connectivity index (χ0) is 14.3. The summed E-state index contributed by atoms with van der Waals surface area (Å²) in [6.45, 7) is 0.417. The van der Waals surface area contributed by atoms with E-state index in [0.717, 1.165) is 9.37 Å². The first-order chi connectivity index (χ1) is 9.04. The third-order valence-electron chi connectivity index (χ3n) is 2.56. The Balaban J connectivity index is 2.44. The van der Waals surface area contributed by atoms with Crippen LogP contribution in [0.4, 0.5) is 0 Å². The normalized spacial score (nSPS) is 11.6. The lowest BCUT2D eigenvalue weighted by atomic mass is 10.3. The molecule has 1 atom stereocenters. The Bertz CT molecular complexity index is 496. The fraction of sp³-hybridized carbons (Fsp3) is 0.385. The SMILES string of the molecule is CN(CCC#N)C(=O)CCS(=O)c1ccc(Br)cc1. The highest BCUT2D eigenvalue weighted by molar-refractivity contribution is 9.10. The maximum absolute atomic E-state index is 12.0. The molecular weight excluding hydrogens is 328 g/mol. The van der Waals surface area contributed by atoms with Gasteiger partial charge in [0.1, 0.15) is 0 Å². The maximum Gasteiger partial charge on any atom is 0.223 e. The fourth-order valence-electron chi connectivity index (χ4n) is 1.42. The zero-order valence-electron chi connectivity index (χ0n) is 10.6. The molecule has 0 radical (unpaired) electrons. The van der Waals surface area contributed by atoms with Crippen molar-refractivity contribution in [3.63, 3.8) is 0 Å². The van der Waals surface area contributed by atoms with Gasteiger partial charge in [0.15, 0.2) is 0 Å². The molecule has 4 nitrogen and oxygen atoms in total. The third kappa shape index (κ3) is 5.53. The lowest BCUT2D eigenvalue weighted by Crippen LogP contribution is -2.28. The quantitative estimate of drug-likeness (QED) is 0.796. The maximum atomic E-state index is 12.0. The summed E-state index contributed by atoms with van der Waals surface area (Å²) in [5.74, 6) is 0.220. The Morgan fingerprint density at radius 3 is 2.63 bits per heavy atom. The molecule has 1 unspecified atom stereocenters. The largest absolute Gasteiger partial charge is 0.345 e. The van der Waals surface area contributed by atoms with E-state index in [1.54, 1.807) is 19.2 Å². The predicted molar refractivity (Wildman–Crippen MR) is 77.9 cm³/mol. The summed E-state index contributed by atoms with van der Waals surface area (Å²) in [6.07, 6.45) is 0.544. The van der Waals surface area contributed by atoms with Crippen LogP contribution in [0.3, 0.4) is 0 Å². The van der Waals surface area contributed by atoms with Gasteiger partial charge in [-0.1, -0.05) is 15.9 Å². The van der Waals surface area contributed by atoms with Gasteiger partial charge in [-0.3, -0.25) is 9.00 Å². The van der Waals surface area contributed by atoms with Crippen LogP contribution in [-0.4, -0.2) is 34.4 Å². The Kier molecular flexibility index (Phi) is 6.74. The Labute approximate surface area is 124 Å². The molecule has 0 fully saturated rings. The molecule has 1 aromatic carbocycles. The van der Waals surface area contributed by atoms with Gasteiger partial charge in [0.25, 0.3) is 0 Å². The molecule has 0 spiro atoms. The molecular formula is C13H15BrN2O2S. The molecule has 0 N–H and O–H groups in total. The van der Waals surface area contributed by atoms with Crippen molar-refractivity contribution in [2.75, 3.05) is 19.3 Å². The van der Waals surface area contributed by atoms with Crippen molar-refractivity contribution in [3.05, 3.63) is 28.7 Å². The number of hydrogen-bond acceptors (Lipinski definition) is 3. The number of carbonyl (C=O) groups excluding carboxylic acids is 1. The van der Waals surface area contributed by atoms with Crippen molar-refractivity contribution >= 4 is 32.6 Å². The summed E-state index contributed by atoms with van der Waals surface area (Å²) in [5.41, 5.74) is 0.